The van der Waals surface area contributed by atoms with Crippen LogP contribution in [0.1, 0.15) is 31.1 Å². The molecule has 2 aliphatic rings. The monoisotopic (exact) mass is 406 g/mol. The van der Waals surface area contributed by atoms with Crippen molar-refractivity contribution >= 4 is 17.9 Å². The van der Waals surface area contributed by atoms with Crippen LogP contribution in [0, 0.1) is 5.92 Å². The number of ether oxygens (including phenoxy) is 4. The molecule has 0 unspecified atom stereocenters. The average Bonchev–Trinajstić information content (AvgIpc) is 2.98. The van der Waals surface area contributed by atoms with E-state index >= 15 is 0 Å². The minimum Gasteiger partial charge on any atom is -0.490 e. The quantitative estimate of drug-likeness (QED) is 0.618. The molecule has 0 saturated carbocycles. The van der Waals surface area contributed by atoms with Crippen LogP contribution < -0.4 is 14.2 Å². The normalized spacial score (nSPS) is 16.5. The van der Waals surface area contributed by atoms with Gasteiger partial charge in [-0.1, -0.05) is 0 Å². The van der Waals surface area contributed by atoms with E-state index < -0.39 is 6.09 Å². The van der Waals surface area contributed by atoms with Crippen LogP contribution in [-0.4, -0.2) is 73.8 Å². The van der Waals surface area contributed by atoms with Gasteiger partial charge in [0.15, 0.2) is 18.1 Å². The van der Waals surface area contributed by atoms with Gasteiger partial charge in [0.05, 0.1) is 19.8 Å². The zero-order valence-corrected chi connectivity index (χ0v) is 16.9. The maximum absolute atomic E-state index is 12.9. The second-order valence-electron chi connectivity index (χ2n) is 6.74. The molecule has 0 atom stereocenters. The third kappa shape index (κ3) is 4.38. The van der Waals surface area contributed by atoms with Crippen LogP contribution in [0.25, 0.3) is 0 Å². The van der Waals surface area contributed by atoms with Crippen molar-refractivity contribution in [3.8, 4) is 17.2 Å². The highest BCUT2D eigenvalue weighted by molar-refractivity contribution is 5.98. The van der Waals surface area contributed by atoms with Gasteiger partial charge >= 0.3 is 6.09 Å². The lowest BCUT2D eigenvalue weighted by molar-refractivity contribution is -0.126. The van der Waals surface area contributed by atoms with Crippen LogP contribution in [0.15, 0.2) is 12.1 Å². The third-order valence-electron chi connectivity index (χ3n) is 4.68. The van der Waals surface area contributed by atoms with Gasteiger partial charge in [-0.15, -0.1) is 0 Å². The highest BCUT2D eigenvalue weighted by atomic mass is 16.6. The van der Waals surface area contributed by atoms with Gasteiger partial charge in [0.25, 0.3) is 11.8 Å². The fraction of sp³-hybridized carbons (Fsp3) is 0.550. The molecule has 2 heterocycles. The summed E-state index contributed by atoms with van der Waals surface area (Å²) < 4.78 is 21.7. The zero-order chi connectivity index (χ0) is 21.0. The number of likely N-dealkylation sites (tertiary alicyclic amines) is 1. The highest BCUT2D eigenvalue weighted by Crippen LogP contribution is 2.39. The maximum Gasteiger partial charge on any atom is 0.417 e. The molecule has 29 heavy (non-hydrogen) atoms. The van der Waals surface area contributed by atoms with E-state index in [1.807, 2.05) is 20.8 Å². The first-order valence-electron chi connectivity index (χ1n) is 9.81. The van der Waals surface area contributed by atoms with E-state index in [1.165, 1.54) is 0 Å². The third-order valence-corrected chi connectivity index (χ3v) is 4.68. The van der Waals surface area contributed by atoms with E-state index in [9.17, 15) is 14.4 Å². The highest BCUT2D eigenvalue weighted by Gasteiger charge is 2.38. The first kappa shape index (κ1) is 20.8. The fourth-order valence-electron chi connectivity index (χ4n) is 3.36. The summed E-state index contributed by atoms with van der Waals surface area (Å²) >= 11 is 0. The summed E-state index contributed by atoms with van der Waals surface area (Å²) in [6.45, 7) is 7.84. The molecule has 2 fully saturated rings. The SMILES string of the molecule is CCOc1cc(C(=O)N2CC(CN3C(=O)COC3=O)C2)cc(OCC)c1OCC. The first-order chi connectivity index (χ1) is 14.0. The summed E-state index contributed by atoms with van der Waals surface area (Å²) in [7, 11) is 0. The molecule has 3 amide bonds. The number of benzene rings is 1. The smallest absolute Gasteiger partial charge is 0.417 e. The van der Waals surface area contributed by atoms with E-state index in [0.29, 0.717) is 55.7 Å². The molecule has 9 nitrogen and oxygen atoms in total. The number of carbonyl (C=O) groups excluding carboxylic acids is 3. The second-order valence-corrected chi connectivity index (χ2v) is 6.74. The molecule has 0 radical (unpaired) electrons. The molecule has 9 heteroatoms. The summed E-state index contributed by atoms with van der Waals surface area (Å²) in [5.74, 6) is 0.946. The molecule has 1 aromatic rings. The van der Waals surface area contributed by atoms with Gasteiger partial charge in [-0.3, -0.25) is 9.59 Å². The van der Waals surface area contributed by atoms with Gasteiger partial charge in [-0.05, 0) is 32.9 Å². The molecule has 2 aliphatic heterocycles. The Morgan fingerprint density at radius 2 is 1.62 bits per heavy atom. The Bertz CT molecular complexity index is 746. The van der Waals surface area contributed by atoms with Gasteiger partial charge in [0.2, 0.25) is 5.75 Å². The van der Waals surface area contributed by atoms with Crippen LogP contribution in [0.4, 0.5) is 4.79 Å². The molecule has 0 spiro atoms. The Kier molecular flexibility index (Phi) is 6.46. The number of hydrogen-bond donors (Lipinski definition) is 0. The largest absolute Gasteiger partial charge is 0.490 e. The molecule has 2 saturated heterocycles. The van der Waals surface area contributed by atoms with Crippen LogP contribution >= 0.6 is 0 Å². The molecular formula is C20H26N2O7. The van der Waals surface area contributed by atoms with Gasteiger partial charge in [0, 0.05) is 31.1 Å². The summed E-state index contributed by atoms with van der Waals surface area (Å²) in [4.78, 5) is 38.9. The van der Waals surface area contributed by atoms with E-state index in [4.69, 9.17) is 18.9 Å². The number of imide groups is 1. The van der Waals surface area contributed by atoms with Crippen LogP contribution in [-0.2, 0) is 9.53 Å². The lowest BCUT2D eigenvalue weighted by Gasteiger charge is -2.40. The number of cyclic esters (lactones) is 1. The number of nitrogens with zero attached hydrogens (tertiary/aromatic N) is 2. The van der Waals surface area contributed by atoms with E-state index in [-0.39, 0.29) is 30.9 Å². The Labute approximate surface area is 169 Å². The lowest BCUT2D eigenvalue weighted by atomic mass is 9.98. The van der Waals surface area contributed by atoms with Crippen molar-refractivity contribution in [3.63, 3.8) is 0 Å². The minimum absolute atomic E-state index is 0.0361. The van der Waals surface area contributed by atoms with Gasteiger partial charge < -0.3 is 23.8 Å². The predicted octanol–water partition coefficient (Wildman–Crippen LogP) is 1.93. The Hall–Kier alpha value is -2.97. The van der Waals surface area contributed by atoms with E-state index in [0.717, 1.165) is 4.90 Å². The summed E-state index contributed by atoms with van der Waals surface area (Å²) in [5.41, 5.74) is 0.440. The number of amides is 3. The van der Waals surface area contributed by atoms with Crippen LogP contribution in [0.3, 0.4) is 0 Å². The van der Waals surface area contributed by atoms with Gasteiger partial charge in [0.1, 0.15) is 0 Å². The Balaban J connectivity index is 1.70. The van der Waals surface area contributed by atoms with Crippen molar-refractivity contribution in [3.05, 3.63) is 17.7 Å². The van der Waals surface area contributed by atoms with E-state index in [2.05, 4.69) is 0 Å². The van der Waals surface area contributed by atoms with Crippen molar-refractivity contribution in [1.29, 1.82) is 0 Å². The molecule has 0 bridgehead atoms. The minimum atomic E-state index is -0.617. The van der Waals surface area contributed by atoms with Crippen molar-refractivity contribution < 1.29 is 33.3 Å². The van der Waals surface area contributed by atoms with Crippen LogP contribution in [0.2, 0.25) is 0 Å². The standard InChI is InChI=1S/C20H26N2O7/c1-4-26-15-7-14(8-16(27-5-2)18(15)28-6-3)19(24)21-9-13(10-21)11-22-17(23)12-29-20(22)25/h7-8,13H,4-6,9-12H2,1-3H3. The Morgan fingerprint density at radius 3 is 2.10 bits per heavy atom. The summed E-state index contributed by atoms with van der Waals surface area (Å²) in [5, 5.41) is 0. The molecule has 158 valence electrons. The zero-order valence-electron chi connectivity index (χ0n) is 16.9. The molecule has 0 aliphatic carbocycles. The molecule has 0 aromatic heterocycles. The second kappa shape index (κ2) is 9.02. The summed E-state index contributed by atoms with van der Waals surface area (Å²) in [6, 6.07) is 3.32. The maximum atomic E-state index is 12.9. The topological polar surface area (TPSA) is 94.6 Å². The molecule has 3 rings (SSSR count). The molecular weight excluding hydrogens is 380 g/mol. The van der Waals surface area contributed by atoms with Crippen LogP contribution in [0.5, 0.6) is 17.2 Å². The Morgan fingerprint density at radius 1 is 1.03 bits per heavy atom. The number of hydrogen-bond acceptors (Lipinski definition) is 7. The number of rotatable bonds is 9. The van der Waals surface area contributed by atoms with E-state index in [1.54, 1.807) is 17.0 Å². The van der Waals surface area contributed by atoms with Crippen molar-refractivity contribution in [1.82, 2.24) is 9.80 Å². The van der Waals surface area contributed by atoms with Gasteiger partial charge in [-0.25, -0.2) is 9.69 Å². The molecule has 1 aromatic carbocycles. The number of carbonyl (C=O) groups is 3. The fourth-order valence-corrected chi connectivity index (χ4v) is 3.36. The first-order valence-corrected chi connectivity index (χ1v) is 9.81. The molecule has 0 N–H and O–H groups in total. The predicted molar refractivity (Wildman–Crippen MR) is 102 cm³/mol. The summed E-state index contributed by atoms with van der Waals surface area (Å²) in [6.07, 6.45) is -0.617. The lowest BCUT2D eigenvalue weighted by Crippen LogP contribution is -2.54. The van der Waals surface area contributed by atoms with Gasteiger partial charge in [-0.2, -0.15) is 0 Å². The van der Waals surface area contributed by atoms with Crippen molar-refractivity contribution in [2.75, 3.05) is 46.1 Å². The average molecular weight is 406 g/mol. The van der Waals surface area contributed by atoms with Crippen molar-refractivity contribution in [2.45, 2.75) is 20.8 Å². The van der Waals surface area contributed by atoms with Crippen molar-refractivity contribution in [2.24, 2.45) is 5.92 Å².